The molecule has 2 heteroatoms. The van der Waals surface area contributed by atoms with Gasteiger partial charge >= 0.3 is 0 Å². The van der Waals surface area contributed by atoms with Crippen molar-refractivity contribution in [3.8, 4) is 11.1 Å². The number of hydrogen-bond acceptors (Lipinski definition) is 2. The third-order valence-corrected chi connectivity index (χ3v) is 8.57. The molecule has 0 aliphatic rings. The predicted octanol–water partition coefficient (Wildman–Crippen LogP) is 12.5. The van der Waals surface area contributed by atoms with E-state index in [-0.39, 0.29) is 0 Å². The van der Waals surface area contributed by atoms with Crippen molar-refractivity contribution in [2.75, 3.05) is 9.80 Å². The maximum absolute atomic E-state index is 2.37. The van der Waals surface area contributed by atoms with Crippen molar-refractivity contribution in [1.82, 2.24) is 0 Å². The Morgan fingerprint density at radius 3 is 1.32 bits per heavy atom. The molecule has 0 aromatic heterocycles. The zero-order chi connectivity index (χ0) is 32.0. The summed E-state index contributed by atoms with van der Waals surface area (Å²) in [6.45, 7) is 4.30. The second kappa shape index (κ2) is 13.6. The minimum absolute atomic E-state index is 0.835. The number of anilines is 6. The van der Waals surface area contributed by atoms with E-state index in [9.17, 15) is 0 Å². The van der Waals surface area contributed by atoms with Crippen LogP contribution in [0.4, 0.5) is 34.1 Å². The molecule has 228 valence electrons. The maximum atomic E-state index is 2.37. The fourth-order valence-corrected chi connectivity index (χ4v) is 6.34. The van der Waals surface area contributed by atoms with Gasteiger partial charge in [0.05, 0.1) is 0 Å². The highest BCUT2D eigenvalue weighted by atomic mass is 15.1. The molecule has 7 rings (SSSR count). The molecule has 2 nitrogen and oxygen atoms in total. The number of para-hydroxylation sites is 2. The minimum Gasteiger partial charge on any atom is -0.310 e. The Balaban J connectivity index is 1.32. The second-order valence-electron chi connectivity index (χ2n) is 12.1. The molecule has 47 heavy (non-hydrogen) atoms. The lowest BCUT2D eigenvalue weighted by molar-refractivity contribution is 1.18. The summed E-state index contributed by atoms with van der Waals surface area (Å²) in [5.74, 6) is 0. The Bertz CT molecular complexity index is 2070. The molecule has 0 aliphatic heterocycles. The van der Waals surface area contributed by atoms with Crippen LogP contribution in [0.3, 0.4) is 0 Å². The molecule has 0 radical (unpaired) electrons. The van der Waals surface area contributed by atoms with Crippen molar-refractivity contribution in [1.29, 1.82) is 0 Å². The van der Waals surface area contributed by atoms with Gasteiger partial charge in [-0.25, -0.2) is 0 Å². The van der Waals surface area contributed by atoms with Gasteiger partial charge in [0.1, 0.15) is 0 Å². The summed E-state index contributed by atoms with van der Waals surface area (Å²) in [5, 5.41) is 0. The van der Waals surface area contributed by atoms with Gasteiger partial charge in [-0.3, -0.25) is 0 Å². The fourth-order valence-electron chi connectivity index (χ4n) is 6.34. The van der Waals surface area contributed by atoms with E-state index in [1.165, 1.54) is 33.4 Å². The Morgan fingerprint density at radius 1 is 0.362 bits per heavy atom. The van der Waals surface area contributed by atoms with E-state index in [0.717, 1.165) is 40.5 Å². The van der Waals surface area contributed by atoms with Gasteiger partial charge < -0.3 is 9.80 Å². The maximum Gasteiger partial charge on any atom is 0.0464 e. The predicted molar refractivity (Wildman–Crippen MR) is 200 cm³/mol. The normalized spacial score (nSPS) is 10.9. The standard InChI is InChI=1S/C45H38N2/c1-34-14-12-22-42(30-34)46(39-18-8-4-9-19-39)41-26-24-37(25-27-41)45-29-28-44(33-38(45)32-36-16-6-3-7-17-36)47(40-20-10-5-11-21-40)43-23-13-15-35(2)31-43/h3-31,33H,32H2,1-2H3. The quantitative estimate of drug-likeness (QED) is 0.161. The molecule has 0 N–H and O–H groups in total. The average molecular weight is 607 g/mol. The topological polar surface area (TPSA) is 6.48 Å². The van der Waals surface area contributed by atoms with Crippen molar-refractivity contribution < 1.29 is 0 Å². The Kier molecular flexibility index (Phi) is 8.66. The minimum atomic E-state index is 0.835. The van der Waals surface area contributed by atoms with Crippen LogP contribution in [0.5, 0.6) is 0 Å². The molecule has 0 bridgehead atoms. The number of nitrogens with zero attached hydrogens (tertiary/aromatic N) is 2. The molecule has 0 unspecified atom stereocenters. The summed E-state index contributed by atoms with van der Waals surface area (Å²) >= 11 is 0. The van der Waals surface area contributed by atoms with E-state index >= 15 is 0 Å². The first-order valence-electron chi connectivity index (χ1n) is 16.2. The summed E-state index contributed by atoms with van der Waals surface area (Å²) in [4.78, 5) is 4.68. The monoisotopic (exact) mass is 606 g/mol. The third kappa shape index (κ3) is 6.73. The average Bonchev–Trinajstić information content (AvgIpc) is 3.11. The van der Waals surface area contributed by atoms with E-state index in [0.29, 0.717) is 0 Å². The largest absolute Gasteiger partial charge is 0.310 e. The van der Waals surface area contributed by atoms with Gasteiger partial charge in [0.25, 0.3) is 0 Å². The number of rotatable bonds is 9. The highest BCUT2D eigenvalue weighted by molar-refractivity contribution is 5.82. The highest BCUT2D eigenvalue weighted by Gasteiger charge is 2.17. The van der Waals surface area contributed by atoms with E-state index in [2.05, 4.69) is 206 Å². The van der Waals surface area contributed by atoms with Crippen LogP contribution >= 0.6 is 0 Å². The lowest BCUT2D eigenvalue weighted by atomic mass is 9.93. The Hall–Kier alpha value is -5.86. The van der Waals surface area contributed by atoms with Gasteiger partial charge in [0, 0.05) is 34.1 Å². The van der Waals surface area contributed by atoms with E-state index in [4.69, 9.17) is 0 Å². The van der Waals surface area contributed by atoms with Gasteiger partial charge in [-0.2, -0.15) is 0 Å². The van der Waals surface area contributed by atoms with Crippen molar-refractivity contribution >= 4 is 34.1 Å². The van der Waals surface area contributed by atoms with E-state index in [1.807, 2.05) is 0 Å². The molecule has 0 aliphatic carbocycles. The van der Waals surface area contributed by atoms with Gasteiger partial charge in [-0.05, 0) is 126 Å². The van der Waals surface area contributed by atoms with Gasteiger partial charge in [-0.1, -0.05) is 109 Å². The SMILES string of the molecule is Cc1cccc(N(c2ccccc2)c2ccc(-c3ccc(N(c4ccccc4)c4cccc(C)c4)cc3Cc3ccccc3)cc2)c1. The van der Waals surface area contributed by atoms with Crippen LogP contribution in [0.15, 0.2) is 182 Å². The fraction of sp³-hybridized carbons (Fsp3) is 0.0667. The molecule has 0 amide bonds. The summed E-state index contributed by atoms with van der Waals surface area (Å²) in [7, 11) is 0. The van der Waals surface area contributed by atoms with Crippen LogP contribution in [0, 0.1) is 13.8 Å². The van der Waals surface area contributed by atoms with Gasteiger partial charge in [-0.15, -0.1) is 0 Å². The zero-order valence-electron chi connectivity index (χ0n) is 26.9. The summed E-state index contributed by atoms with van der Waals surface area (Å²) in [5.41, 5.74) is 14.3. The summed E-state index contributed by atoms with van der Waals surface area (Å²) < 4.78 is 0. The molecular weight excluding hydrogens is 569 g/mol. The van der Waals surface area contributed by atoms with Crippen molar-refractivity contribution in [3.05, 3.63) is 204 Å². The van der Waals surface area contributed by atoms with Crippen LogP contribution in [0.25, 0.3) is 11.1 Å². The first kappa shape index (κ1) is 29.8. The first-order valence-corrected chi connectivity index (χ1v) is 16.2. The summed E-state index contributed by atoms with van der Waals surface area (Å²) in [6, 6.07) is 65.4. The molecule has 0 saturated carbocycles. The summed E-state index contributed by atoms with van der Waals surface area (Å²) in [6.07, 6.45) is 0.835. The number of hydrogen-bond donors (Lipinski definition) is 0. The molecule has 7 aromatic rings. The van der Waals surface area contributed by atoms with E-state index < -0.39 is 0 Å². The smallest absolute Gasteiger partial charge is 0.0464 e. The van der Waals surface area contributed by atoms with Crippen molar-refractivity contribution in [2.24, 2.45) is 0 Å². The third-order valence-electron chi connectivity index (χ3n) is 8.57. The zero-order valence-corrected chi connectivity index (χ0v) is 26.9. The Morgan fingerprint density at radius 2 is 0.787 bits per heavy atom. The molecule has 7 aromatic carbocycles. The Labute approximate surface area is 278 Å². The first-order chi connectivity index (χ1) is 23.1. The van der Waals surface area contributed by atoms with Crippen LogP contribution < -0.4 is 9.80 Å². The van der Waals surface area contributed by atoms with Gasteiger partial charge in [0.2, 0.25) is 0 Å². The van der Waals surface area contributed by atoms with E-state index in [1.54, 1.807) is 0 Å². The number of aryl methyl sites for hydroxylation is 2. The van der Waals surface area contributed by atoms with Gasteiger partial charge in [0.15, 0.2) is 0 Å². The molecule has 0 heterocycles. The highest BCUT2D eigenvalue weighted by Crippen LogP contribution is 2.40. The van der Waals surface area contributed by atoms with Crippen LogP contribution in [0.2, 0.25) is 0 Å². The molecule has 0 saturated heterocycles. The molecule has 0 fully saturated rings. The van der Waals surface area contributed by atoms with Crippen LogP contribution in [0.1, 0.15) is 22.3 Å². The van der Waals surface area contributed by atoms with Crippen molar-refractivity contribution in [3.63, 3.8) is 0 Å². The van der Waals surface area contributed by atoms with Crippen LogP contribution in [-0.4, -0.2) is 0 Å². The lowest BCUT2D eigenvalue weighted by Crippen LogP contribution is -2.11. The molecule has 0 spiro atoms. The number of benzene rings is 7. The van der Waals surface area contributed by atoms with Crippen molar-refractivity contribution in [2.45, 2.75) is 20.3 Å². The van der Waals surface area contributed by atoms with Crippen LogP contribution in [-0.2, 0) is 6.42 Å². The second-order valence-corrected chi connectivity index (χ2v) is 12.1. The lowest BCUT2D eigenvalue weighted by Gasteiger charge is -2.27. The molecular formula is C45H38N2. The molecule has 0 atom stereocenters.